The molecule has 1 aliphatic heterocycles. The zero-order valence-electron chi connectivity index (χ0n) is 12.0. The van der Waals surface area contributed by atoms with Crippen molar-refractivity contribution in [1.82, 2.24) is 20.4 Å². The first-order valence-corrected chi connectivity index (χ1v) is 6.93. The van der Waals surface area contributed by atoms with Gasteiger partial charge in [-0.1, -0.05) is 6.92 Å². The lowest BCUT2D eigenvalue weighted by Gasteiger charge is -2.38. The smallest absolute Gasteiger partial charge is 0.347 e. The van der Waals surface area contributed by atoms with Crippen molar-refractivity contribution in [1.29, 1.82) is 0 Å². The Morgan fingerprint density at radius 1 is 1.52 bits per heavy atom. The van der Waals surface area contributed by atoms with E-state index in [4.69, 9.17) is 0 Å². The maximum absolute atomic E-state index is 12.7. The van der Waals surface area contributed by atoms with E-state index in [1.54, 1.807) is 6.07 Å². The van der Waals surface area contributed by atoms with Gasteiger partial charge in [0.2, 0.25) is 0 Å². The molecule has 0 unspecified atom stereocenters. The van der Waals surface area contributed by atoms with Crippen LogP contribution in [0, 0.1) is 0 Å². The van der Waals surface area contributed by atoms with E-state index < -0.39 is 12.2 Å². The minimum Gasteiger partial charge on any atom is -0.347 e. The van der Waals surface area contributed by atoms with Gasteiger partial charge in [-0.3, -0.25) is 14.8 Å². The van der Waals surface area contributed by atoms with Crippen LogP contribution in [0.15, 0.2) is 6.07 Å². The molecule has 1 aromatic heterocycles. The number of H-pyrrole nitrogens is 1. The van der Waals surface area contributed by atoms with Crippen molar-refractivity contribution in [2.24, 2.45) is 0 Å². The first kappa shape index (κ1) is 15.8. The zero-order chi connectivity index (χ0) is 15.6. The second-order valence-electron chi connectivity index (χ2n) is 5.38. The molecular formula is C13H19F3N4O. The highest BCUT2D eigenvalue weighted by atomic mass is 19.4. The van der Waals surface area contributed by atoms with Gasteiger partial charge < -0.3 is 5.32 Å². The number of nitrogens with one attached hydrogen (secondary N) is 2. The van der Waals surface area contributed by atoms with E-state index in [2.05, 4.69) is 15.5 Å². The van der Waals surface area contributed by atoms with E-state index >= 15 is 0 Å². The number of amides is 1. The van der Waals surface area contributed by atoms with E-state index in [9.17, 15) is 18.0 Å². The van der Waals surface area contributed by atoms with Crippen molar-refractivity contribution >= 4 is 5.91 Å². The quantitative estimate of drug-likeness (QED) is 0.894. The molecule has 118 valence electrons. The lowest BCUT2D eigenvalue weighted by atomic mass is 9.98. The molecule has 2 heterocycles. The highest BCUT2D eigenvalue weighted by Crippen LogP contribution is 2.30. The van der Waals surface area contributed by atoms with Crippen molar-refractivity contribution in [3.05, 3.63) is 17.5 Å². The number of aryl methyl sites for hydroxylation is 1. The number of likely N-dealkylation sites (N-methyl/N-ethyl adjacent to an activating group) is 1. The second kappa shape index (κ2) is 6.05. The van der Waals surface area contributed by atoms with Crippen molar-refractivity contribution in [2.75, 3.05) is 13.6 Å². The number of nitrogens with zero attached hydrogens (tertiary/aromatic N) is 2. The van der Waals surface area contributed by atoms with Crippen LogP contribution in [0.4, 0.5) is 13.2 Å². The molecule has 1 fully saturated rings. The third-order valence-corrected chi connectivity index (χ3v) is 3.79. The fourth-order valence-corrected chi connectivity index (χ4v) is 2.60. The Morgan fingerprint density at radius 2 is 2.24 bits per heavy atom. The van der Waals surface area contributed by atoms with Gasteiger partial charge in [0.05, 0.1) is 0 Å². The molecule has 0 bridgehead atoms. The maximum atomic E-state index is 12.7. The van der Waals surface area contributed by atoms with Gasteiger partial charge in [0.15, 0.2) is 0 Å². The summed E-state index contributed by atoms with van der Waals surface area (Å²) in [6.45, 7) is 2.11. The van der Waals surface area contributed by atoms with Crippen LogP contribution in [0.2, 0.25) is 0 Å². The maximum Gasteiger partial charge on any atom is 0.404 e. The Morgan fingerprint density at radius 3 is 2.76 bits per heavy atom. The van der Waals surface area contributed by atoms with Crippen LogP contribution in [-0.2, 0) is 6.42 Å². The molecular weight excluding hydrogens is 285 g/mol. The molecule has 0 aliphatic carbocycles. The Bertz CT molecular complexity index is 500. The minimum atomic E-state index is -4.22. The predicted molar refractivity (Wildman–Crippen MR) is 70.9 cm³/mol. The van der Waals surface area contributed by atoms with E-state index in [0.29, 0.717) is 6.42 Å². The average Bonchev–Trinajstić information content (AvgIpc) is 2.86. The molecule has 8 heteroatoms. The molecule has 1 aromatic rings. The number of likely N-dealkylation sites (tertiary alicyclic amines) is 1. The van der Waals surface area contributed by atoms with Gasteiger partial charge in [-0.15, -0.1) is 0 Å². The Hall–Kier alpha value is -1.57. The highest BCUT2D eigenvalue weighted by Gasteiger charge is 2.44. The topological polar surface area (TPSA) is 61.0 Å². The Balaban J connectivity index is 1.92. The van der Waals surface area contributed by atoms with Gasteiger partial charge in [0.1, 0.15) is 11.7 Å². The highest BCUT2D eigenvalue weighted by molar-refractivity contribution is 5.92. The molecule has 1 amide bonds. The van der Waals surface area contributed by atoms with Gasteiger partial charge in [-0.25, -0.2) is 0 Å². The van der Waals surface area contributed by atoms with Crippen LogP contribution in [0.3, 0.4) is 0 Å². The van der Waals surface area contributed by atoms with Gasteiger partial charge in [0.25, 0.3) is 5.91 Å². The number of aromatic amines is 1. The van der Waals surface area contributed by atoms with E-state index in [0.717, 1.165) is 12.1 Å². The molecule has 1 aliphatic rings. The molecule has 21 heavy (non-hydrogen) atoms. The number of halogens is 3. The van der Waals surface area contributed by atoms with Crippen LogP contribution in [0.1, 0.15) is 35.9 Å². The molecule has 0 aromatic carbocycles. The molecule has 0 radical (unpaired) electrons. The van der Waals surface area contributed by atoms with Gasteiger partial charge in [-0.2, -0.15) is 18.3 Å². The fourth-order valence-electron chi connectivity index (χ4n) is 2.60. The summed E-state index contributed by atoms with van der Waals surface area (Å²) in [5.41, 5.74) is 1.12. The Labute approximate surface area is 120 Å². The molecule has 5 nitrogen and oxygen atoms in total. The summed E-state index contributed by atoms with van der Waals surface area (Å²) in [4.78, 5) is 13.2. The van der Waals surface area contributed by atoms with Gasteiger partial charge in [-0.05, 0) is 32.4 Å². The molecule has 2 rings (SSSR count). The number of alkyl halides is 3. The number of carbonyl (C=O) groups is 1. The van der Waals surface area contributed by atoms with Crippen molar-refractivity contribution in [3.8, 4) is 0 Å². The van der Waals surface area contributed by atoms with Crippen LogP contribution in [0.25, 0.3) is 0 Å². The third-order valence-electron chi connectivity index (χ3n) is 3.79. The first-order valence-electron chi connectivity index (χ1n) is 6.93. The SMILES string of the molecule is CCc1cc(C(=O)N[C@H]2CC[C@@H](C(F)(F)F)N(C)C2)n[nH]1. The number of rotatable bonds is 3. The van der Waals surface area contributed by atoms with Crippen molar-refractivity contribution < 1.29 is 18.0 Å². The summed E-state index contributed by atoms with van der Waals surface area (Å²) in [5, 5.41) is 9.38. The molecule has 1 saturated heterocycles. The molecule has 0 saturated carbocycles. The van der Waals surface area contributed by atoms with Crippen LogP contribution in [-0.4, -0.2) is 52.9 Å². The van der Waals surface area contributed by atoms with Crippen molar-refractivity contribution in [3.63, 3.8) is 0 Å². The summed E-state index contributed by atoms with van der Waals surface area (Å²) in [6, 6.07) is -0.0639. The number of aromatic nitrogens is 2. The van der Waals surface area contributed by atoms with E-state index in [1.165, 1.54) is 11.9 Å². The number of hydrogen-bond acceptors (Lipinski definition) is 3. The lowest BCUT2D eigenvalue weighted by molar-refractivity contribution is -0.188. The lowest BCUT2D eigenvalue weighted by Crippen LogP contribution is -2.54. The summed E-state index contributed by atoms with van der Waals surface area (Å²) in [5.74, 6) is -0.352. The predicted octanol–water partition coefficient (Wildman–Crippen LogP) is 1.73. The third kappa shape index (κ3) is 3.75. The van der Waals surface area contributed by atoms with Crippen LogP contribution < -0.4 is 5.32 Å². The molecule has 2 N–H and O–H groups in total. The average molecular weight is 304 g/mol. The van der Waals surface area contributed by atoms with E-state index in [1.807, 2.05) is 6.92 Å². The first-order chi connectivity index (χ1) is 9.81. The summed E-state index contributed by atoms with van der Waals surface area (Å²) < 4.78 is 38.2. The minimum absolute atomic E-state index is 0.00821. The standard InChI is InChI=1S/C13H19F3N4O/c1-3-8-6-10(19-18-8)12(21)17-9-4-5-11(13(14,15)16)20(2)7-9/h6,9,11H,3-5,7H2,1-2H3,(H,17,21)(H,18,19)/t9-,11-/m0/s1. The van der Waals surface area contributed by atoms with Crippen LogP contribution in [0.5, 0.6) is 0 Å². The van der Waals surface area contributed by atoms with Gasteiger partial charge >= 0.3 is 6.18 Å². The normalized spacial score (nSPS) is 24.0. The number of hydrogen-bond donors (Lipinski definition) is 2. The van der Waals surface area contributed by atoms with Crippen LogP contribution >= 0.6 is 0 Å². The fraction of sp³-hybridized carbons (Fsp3) is 0.692. The van der Waals surface area contributed by atoms with E-state index in [-0.39, 0.29) is 30.6 Å². The monoisotopic (exact) mass is 304 g/mol. The number of piperidine rings is 1. The molecule has 0 spiro atoms. The largest absolute Gasteiger partial charge is 0.404 e. The Kier molecular flexibility index (Phi) is 4.55. The molecule has 2 atom stereocenters. The summed E-state index contributed by atoms with van der Waals surface area (Å²) in [6.07, 6.45) is -3.18. The van der Waals surface area contributed by atoms with Gasteiger partial charge in [0, 0.05) is 18.3 Å². The summed E-state index contributed by atoms with van der Waals surface area (Å²) >= 11 is 0. The zero-order valence-corrected chi connectivity index (χ0v) is 12.0. The number of carbonyl (C=O) groups excluding carboxylic acids is 1. The summed E-state index contributed by atoms with van der Waals surface area (Å²) in [7, 11) is 1.43. The second-order valence-corrected chi connectivity index (χ2v) is 5.38. The van der Waals surface area contributed by atoms with Crippen molar-refractivity contribution in [2.45, 2.75) is 44.4 Å².